The van der Waals surface area contributed by atoms with Gasteiger partial charge < -0.3 is 5.32 Å². The highest BCUT2D eigenvalue weighted by molar-refractivity contribution is 7.19. The van der Waals surface area contributed by atoms with Gasteiger partial charge in [-0.3, -0.25) is 4.98 Å². The van der Waals surface area contributed by atoms with E-state index in [2.05, 4.69) is 15.3 Å². The number of nitriles is 1. The first-order chi connectivity index (χ1) is 7.67. The van der Waals surface area contributed by atoms with Crippen LogP contribution in [0.4, 0.5) is 10.8 Å². The van der Waals surface area contributed by atoms with Gasteiger partial charge in [0.2, 0.25) is 0 Å². The molecule has 5 nitrogen and oxygen atoms in total. The molecular formula is C9H5ClN4OS. The predicted molar refractivity (Wildman–Crippen MR) is 62.2 cm³/mol. The lowest BCUT2D eigenvalue weighted by Gasteiger charge is -2.00. The Kier molecular flexibility index (Phi) is 2.90. The summed E-state index contributed by atoms with van der Waals surface area (Å²) in [5, 5.41) is 12.3. The van der Waals surface area contributed by atoms with Crippen molar-refractivity contribution in [2.24, 2.45) is 0 Å². The van der Waals surface area contributed by atoms with Crippen molar-refractivity contribution in [1.82, 2.24) is 9.97 Å². The third kappa shape index (κ3) is 2.39. The van der Waals surface area contributed by atoms with E-state index in [4.69, 9.17) is 16.9 Å². The Bertz CT molecular complexity index is 612. The normalized spacial score (nSPS) is 9.75. The third-order valence-corrected chi connectivity index (χ3v) is 2.84. The summed E-state index contributed by atoms with van der Waals surface area (Å²) < 4.78 is 0.632. The van der Waals surface area contributed by atoms with E-state index < -0.39 is 5.69 Å². The van der Waals surface area contributed by atoms with Crippen LogP contribution in [0.1, 0.15) is 5.69 Å². The first-order valence-electron chi connectivity index (χ1n) is 4.21. The quantitative estimate of drug-likeness (QED) is 0.858. The Labute approximate surface area is 99.3 Å². The molecule has 0 unspecified atom stereocenters. The van der Waals surface area contributed by atoms with Gasteiger partial charge in [0.1, 0.15) is 17.6 Å². The fourth-order valence-corrected chi connectivity index (χ4v) is 2.04. The lowest BCUT2D eigenvalue weighted by molar-refractivity contribution is 1.06. The molecule has 2 N–H and O–H groups in total. The smallest absolute Gasteiger partial charge is 0.332 e. The highest BCUT2D eigenvalue weighted by Gasteiger charge is 2.02. The molecule has 0 saturated carbocycles. The highest BCUT2D eigenvalue weighted by Crippen LogP contribution is 2.27. The minimum atomic E-state index is -0.566. The van der Waals surface area contributed by atoms with Gasteiger partial charge in [-0.05, 0) is 12.1 Å². The average molecular weight is 253 g/mol. The molecule has 0 atom stereocenters. The number of nitrogens with one attached hydrogen (secondary N) is 2. The molecule has 0 aliphatic carbocycles. The SMILES string of the molecule is N#Cc1cc(Nc2ccc(Cl)s2)nc(=O)[nH]1. The maximum atomic E-state index is 11.1. The minimum absolute atomic E-state index is 0.158. The molecule has 0 bridgehead atoms. The van der Waals surface area contributed by atoms with Gasteiger partial charge in [-0.2, -0.15) is 10.2 Å². The molecule has 2 aromatic rings. The van der Waals surface area contributed by atoms with Crippen LogP contribution in [0.2, 0.25) is 4.34 Å². The van der Waals surface area contributed by atoms with Gasteiger partial charge in [0.25, 0.3) is 0 Å². The van der Waals surface area contributed by atoms with Crippen LogP contribution in [0.3, 0.4) is 0 Å². The van der Waals surface area contributed by atoms with Crippen LogP contribution >= 0.6 is 22.9 Å². The highest BCUT2D eigenvalue weighted by atomic mass is 35.5. The van der Waals surface area contributed by atoms with Gasteiger partial charge in [-0.25, -0.2) is 4.79 Å². The van der Waals surface area contributed by atoms with Crippen LogP contribution in [-0.2, 0) is 0 Å². The standard InChI is InChI=1S/C9H5ClN4OS/c10-6-1-2-8(16-6)13-7-3-5(4-11)12-9(15)14-7/h1-3H,(H2,12,13,14,15). The molecule has 2 aromatic heterocycles. The van der Waals surface area contributed by atoms with Gasteiger partial charge in [0.15, 0.2) is 0 Å². The molecule has 0 amide bonds. The summed E-state index contributed by atoms with van der Waals surface area (Å²) in [6.45, 7) is 0. The number of hydrogen-bond acceptors (Lipinski definition) is 5. The van der Waals surface area contributed by atoms with Crippen molar-refractivity contribution in [3.63, 3.8) is 0 Å². The van der Waals surface area contributed by atoms with Gasteiger partial charge in [-0.1, -0.05) is 11.6 Å². The number of hydrogen-bond donors (Lipinski definition) is 2. The second-order valence-electron chi connectivity index (χ2n) is 2.83. The van der Waals surface area contributed by atoms with Crippen molar-refractivity contribution in [2.45, 2.75) is 0 Å². The molecule has 0 aliphatic rings. The summed E-state index contributed by atoms with van der Waals surface area (Å²) in [6, 6.07) is 6.79. The number of aromatic amines is 1. The van der Waals surface area contributed by atoms with Crippen LogP contribution in [0, 0.1) is 11.3 Å². The summed E-state index contributed by atoms with van der Waals surface area (Å²) in [6.07, 6.45) is 0. The fourth-order valence-electron chi connectivity index (χ4n) is 1.09. The molecule has 0 radical (unpaired) electrons. The van der Waals surface area contributed by atoms with Crippen molar-refractivity contribution in [3.05, 3.63) is 38.7 Å². The topological polar surface area (TPSA) is 81.6 Å². The maximum Gasteiger partial charge on any atom is 0.347 e. The summed E-state index contributed by atoms with van der Waals surface area (Å²) in [7, 11) is 0. The second kappa shape index (κ2) is 4.35. The molecule has 0 aliphatic heterocycles. The van der Waals surface area contributed by atoms with Crippen LogP contribution in [0.25, 0.3) is 0 Å². The molecule has 2 heterocycles. The second-order valence-corrected chi connectivity index (χ2v) is 4.54. The average Bonchev–Trinajstić information content (AvgIpc) is 2.63. The van der Waals surface area contributed by atoms with Crippen LogP contribution in [0.15, 0.2) is 23.0 Å². The molecule has 7 heteroatoms. The monoisotopic (exact) mass is 252 g/mol. The van der Waals surface area contributed by atoms with E-state index in [1.54, 1.807) is 12.1 Å². The molecule has 0 saturated heterocycles. The summed E-state index contributed by atoms with van der Waals surface area (Å²) >= 11 is 7.08. The van der Waals surface area contributed by atoms with Gasteiger partial charge in [-0.15, -0.1) is 11.3 Å². The largest absolute Gasteiger partial charge is 0.347 e. The number of rotatable bonds is 2. The molecule has 16 heavy (non-hydrogen) atoms. The lowest BCUT2D eigenvalue weighted by Crippen LogP contribution is -2.13. The first-order valence-corrected chi connectivity index (χ1v) is 5.40. The van der Waals surface area contributed by atoms with E-state index in [-0.39, 0.29) is 5.69 Å². The number of aromatic nitrogens is 2. The predicted octanol–water partition coefficient (Wildman–Crippen LogP) is 2.10. The number of thiophene rings is 1. The van der Waals surface area contributed by atoms with E-state index in [1.165, 1.54) is 17.4 Å². The van der Waals surface area contributed by atoms with Crippen LogP contribution in [-0.4, -0.2) is 9.97 Å². The first kappa shape index (κ1) is 10.7. The zero-order valence-electron chi connectivity index (χ0n) is 7.82. The van der Waals surface area contributed by atoms with E-state index >= 15 is 0 Å². The van der Waals surface area contributed by atoms with Crippen molar-refractivity contribution in [3.8, 4) is 6.07 Å². The van der Waals surface area contributed by atoms with Gasteiger partial charge >= 0.3 is 5.69 Å². The molecule has 0 spiro atoms. The number of nitrogens with zero attached hydrogens (tertiary/aromatic N) is 2. The molecular weight excluding hydrogens is 248 g/mol. The lowest BCUT2D eigenvalue weighted by atomic mass is 10.4. The van der Waals surface area contributed by atoms with Gasteiger partial charge in [0.05, 0.1) is 9.34 Å². The number of halogens is 1. The van der Waals surface area contributed by atoms with Crippen LogP contribution < -0.4 is 11.0 Å². The zero-order valence-corrected chi connectivity index (χ0v) is 9.39. The van der Waals surface area contributed by atoms with Crippen molar-refractivity contribution in [2.75, 3.05) is 5.32 Å². The van der Waals surface area contributed by atoms with Crippen molar-refractivity contribution >= 4 is 33.8 Å². The van der Waals surface area contributed by atoms with E-state index in [0.29, 0.717) is 10.2 Å². The molecule has 0 aromatic carbocycles. The Morgan fingerprint density at radius 1 is 1.56 bits per heavy atom. The van der Waals surface area contributed by atoms with E-state index in [1.807, 2.05) is 6.07 Å². The molecule has 80 valence electrons. The number of anilines is 2. The third-order valence-electron chi connectivity index (χ3n) is 1.69. The van der Waals surface area contributed by atoms with Crippen molar-refractivity contribution < 1.29 is 0 Å². The Hall–Kier alpha value is -1.84. The molecule has 2 rings (SSSR count). The van der Waals surface area contributed by atoms with Gasteiger partial charge in [0, 0.05) is 6.07 Å². The summed E-state index contributed by atoms with van der Waals surface area (Å²) in [5.74, 6) is 0.318. The minimum Gasteiger partial charge on any atom is -0.332 e. The van der Waals surface area contributed by atoms with Crippen LogP contribution in [0.5, 0.6) is 0 Å². The fraction of sp³-hybridized carbons (Fsp3) is 0. The Balaban J connectivity index is 2.32. The maximum absolute atomic E-state index is 11.1. The number of H-pyrrole nitrogens is 1. The van der Waals surface area contributed by atoms with Crippen molar-refractivity contribution in [1.29, 1.82) is 5.26 Å². The summed E-state index contributed by atoms with van der Waals surface area (Å²) in [5.41, 5.74) is -0.408. The molecule has 0 fully saturated rings. The zero-order chi connectivity index (χ0) is 11.5. The van der Waals surface area contributed by atoms with E-state index in [9.17, 15) is 4.79 Å². The Morgan fingerprint density at radius 3 is 3.00 bits per heavy atom. The van der Waals surface area contributed by atoms with E-state index in [0.717, 1.165) is 5.00 Å². The summed E-state index contributed by atoms with van der Waals surface area (Å²) in [4.78, 5) is 17.1. The Morgan fingerprint density at radius 2 is 2.38 bits per heavy atom.